The third-order valence-corrected chi connectivity index (χ3v) is 4.41. The van der Waals surface area contributed by atoms with E-state index in [0.29, 0.717) is 22.3 Å². The summed E-state index contributed by atoms with van der Waals surface area (Å²) in [4.78, 5) is 0.0936. The summed E-state index contributed by atoms with van der Waals surface area (Å²) in [7, 11) is 0. The van der Waals surface area contributed by atoms with Crippen molar-refractivity contribution in [3.8, 4) is 17.3 Å². The predicted molar refractivity (Wildman–Crippen MR) is 85.2 cm³/mol. The Morgan fingerprint density at radius 3 is 2.29 bits per heavy atom. The minimum absolute atomic E-state index is 0.0830. The number of halogens is 6. The van der Waals surface area contributed by atoms with E-state index < -0.39 is 3.92 Å². The highest BCUT2D eigenvalue weighted by molar-refractivity contribution is 8.03. The molecule has 0 radical (unpaired) electrons. The topological polar surface area (TPSA) is 52.5 Å². The molecule has 0 spiro atoms. The van der Waals surface area contributed by atoms with Crippen LogP contribution in [-0.4, -0.2) is 14.1 Å². The van der Waals surface area contributed by atoms with Crippen molar-refractivity contribution in [3.63, 3.8) is 0 Å². The fourth-order valence-electron chi connectivity index (χ4n) is 1.57. The van der Waals surface area contributed by atoms with E-state index >= 15 is 0 Å². The Labute approximate surface area is 148 Å². The first-order valence-corrected chi connectivity index (χ1v) is 7.82. The van der Waals surface area contributed by atoms with Crippen molar-refractivity contribution in [1.29, 1.82) is 5.26 Å². The third-order valence-electron chi connectivity index (χ3n) is 2.30. The monoisotopic (exact) mass is 403 g/mol. The van der Waals surface area contributed by atoms with Gasteiger partial charge < -0.3 is 0 Å². The number of nitrogens with one attached hydrogen (secondary N) is 1. The molecule has 1 aromatic heterocycles. The van der Waals surface area contributed by atoms with Crippen LogP contribution in [0.2, 0.25) is 15.1 Å². The standard InChI is InChI=1S/C11H3Cl5FN3S/c12-4-1-5(13)8(6(14)2-4)9-10(21-11(15,16)17)7(3-18)19-20-9/h1-2H,(H,19,20). The molecule has 0 aliphatic heterocycles. The van der Waals surface area contributed by atoms with Gasteiger partial charge in [0.15, 0.2) is 5.69 Å². The SMILES string of the molecule is N#Cc1n[nH]c(-c2c(Cl)cc(Cl)cc2Cl)c1SC(F)(Cl)Cl. The summed E-state index contributed by atoms with van der Waals surface area (Å²) in [5, 5.41) is 16.1. The summed E-state index contributed by atoms with van der Waals surface area (Å²) in [6.45, 7) is 0. The van der Waals surface area contributed by atoms with Crippen LogP contribution in [0, 0.1) is 11.3 Å². The van der Waals surface area contributed by atoms with Gasteiger partial charge in [0.25, 0.3) is 0 Å². The third kappa shape index (κ3) is 3.89. The molecule has 3 nitrogen and oxygen atoms in total. The van der Waals surface area contributed by atoms with Gasteiger partial charge in [-0.25, -0.2) is 0 Å². The number of aromatic amines is 1. The lowest BCUT2D eigenvalue weighted by Gasteiger charge is -2.11. The van der Waals surface area contributed by atoms with Crippen LogP contribution < -0.4 is 0 Å². The molecule has 2 aromatic rings. The van der Waals surface area contributed by atoms with Crippen LogP contribution >= 0.6 is 69.8 Å². The summed E-state index contributed by atoms with van der Waals surface area (Å²) in [6.07, 6.45) is 0. The lowest BCUT2D eigenvalue weighted by atomic mass is 10.1. The molecule has 0 unspecified atom stereocenters. The van der Waals surface area contributed by atoms with Crippen molar-refractivity contribution in [2.75, 3.05) is 0 Å². The van der Waals surface area contributed by atoms with E-state index in [2.05, 4.69) is 10.2 Å². The van der Waals surface area contributed by atoms with E-state index in [9.17, 15) is 4.39 Å². The van der Waals surface area contributed by atoms with Crippen LogP contribution in [0.3, 0.4) is 0 Å². The summed E-state index contributed by atoms with van der Waals surface area (Å²) < 4.78 is 10.8. The molecule has 0 saturated heterocycles. The molecule has 2 rings (SSSR count). The van der Waals surface area contributed by atoms with Crippen molar-refractivity contribution in [2.24, 2.45) is 0 Å². The van der Waals surface area contributed by atoms with Crippen LogP contribution in [0.4, 0.5) is 4.39 Å². The number of hydrogen-bond donors (Lipinski definition) is 1. The average molecular weight is 405 g/mol. The summed E-state index contributed by atoms with van der Waals surface area (Å²) in [5.74, 6) is 0. The highest BCUT2D eigenvalue weighted by atomic mass is 35.5. The molecule has 0 aliphatic carbocycles. The van der Waals surface area contributed by atoms with Crippen molar-refractivity contribution < 1.29 is 4.39 Å². The minimum Gasteiger partial charge on any atom is -0.275 e. The van der Waals surface area contributed by atoms with Gasteiger partial charge in [-0.3, -0.25) is 5.10 Å². The fourth-order valence-corrected chi connectivity index (χ4v) is 3.71. The Hall–Kier alpha value is -0.350. The molecule has 10 heteroatoms. The summed E-state index contributed by atoms with van der Waals surface area (Å²) >= 11 is 29.1. The maximum absolute atomic E-state index is 13.5. The molecule has 21 heavy (non-hydrogen) atoms. The zero-order valence-electron chi connectivity index (χ0n) is 9.73. The van der Waals surface area contributed by atoms with Gasteiger partial charge in [-0.15, -0.1) is 0 Å². The van der Waals surface area contributed by atoms with E-state index in [4.69, 9.17) is 63.3 Å². The number of aromatic nitrogens is 2. The first-order valence-electron chi connectivity index (χ1n) is 5.12. The lowest BCUT2D eigenvalue weighted by molar-refractivity contribution is 0.516. The Morgan fingerprint density at radius 1 is 1.24 bits per heavy atom. The fraction of sp³-hybridized carbons (Fsp3) is 0.0909. The number of rotatable bonds is 3. The zero-order valence-corrected chi connectivity index (χ0v) is 14.3. The van der Waals surface area contributed by atoms with Crippen LogP contribution in [0.25, 0.3) is 11.3 Å². The highest BCUT2D eigenvalue weighted by Gasteiger charge is 2.30. The average Bonchev–Trinajstić information content (AvgIpc) is 2.69. The van der Waals surface area contributed by atoms with Gasteiger partial charge in [0, 0.05) is 10.6 Å². The lowest BCUT2D eigenvalue weighted by Crippen LogP contribution is -1.97. The number of alkyl halides is 3. The first-order chi connectivity index (χ1) is 9.73. The van der Waals surface area contributed by atoms with Gasteiger partial charge in [-0.05, 0) is 23.9 Å². The molecule has 0 atom stereocenters. The quantitative estimate of drug-likeness (QED) is 0.499. The van der Waals surface area contributed by atoms with Crippen LogP contribution in [0.5, 0.6) is 0 Å². The molecule has 110 valence electrons. The van der Waals surface area contributed by atoms with Gasteiger partial charge in [-0.2, -0.15) is 14.8 Å². The molecule has 1 aromatic carbocycles. The van der Waals surface area contributed by atoms with Gasteiger partial charge in [0.05, 0.1) is 20.6 Å². The zero-order chi connectivity index (χ0) is 15.8. The van der Waals surface area contributed by atoms with E-state index in [0.717, 1.165) is 0 Å². The second-order valence-corrected chi connectivity index (χ2v) is 7.79. The highest BCUT2D eigenvalue weighted by Crippen LogP contribution is 2.48. The molecule has 1 N–H and O–H groups in total. The number of thioether (sulfide) groups is 1. The molecule has 0 amide bonds. The second kappa shape index (κ2) is 6.41. The first kappa shape index (κ1) is 17.0. The number of benzene rings is 1. The molecule has 0 aliphatic rings. The van der Waals surface area contributed by atoms with E-state index in [1.807, 2.05) is 0 Å². The number of H-pyrrole nitrogens is 1. The second-order valence-electron chi connectivity index (χ2n) is 3.68. The molecule has 0 bridgehead atoms. The van der Waals surface area contributed by atoms with Crippen molar-refractivity contribution in [2.45, 2.75) is 8.81 Å². The maximum atomic E-state index is 13.5. The smallest absolute Gasteiger partial charge is 0.275 e. The van der Waals surface area contributed by atoms with E-state index in [1.165, 1.54) is 12.1 Å². The van der Waals surface area contributed by atoms with Gasteiger partial charge in [0.2, 0.25) is 0 Å². The van der Waals surface area contributed by atoms with Crippen molar-refractivity contribution in [3.05, 3.63) is 32.9 Å². The molecule has 1 heterocycles. The number of nitrogens with zero attached hydrogens (tertiary/aromatic N) is 2. The van der Waals surface area contributed by atoms with Crippen molar-refractivity contribution in [1.82, 2.24) is 10.2 Å². The van der Waals surface area contributed by atoms with Gasteiger partial charge in [-0.1, -0.05) is 58.0 Å². The summed E-state index contributed by atoms with van der Waals surface area (Å²) in [6, 6.07) is 4.71. The predicted octanol–water partition coefficient (Wildman–Crippen LogP) is 6.06. The summed E-state index contributed by atoms with van der Waals surface area (Å²) in [5.41, 5.74) is 0.462. The van der Waals surface area contributed by atoms with E-state index in [1.54, 1.807) is 6.07 Å². The normalized spacial score (nSPS) is 11.5. The van der Waals surface area contributed by atoms with Crippen molar-refractivity contribution >= 4 is 69.8 Å². The van der Waals surface area contributed by atoms with E-state index in [-0.39, 0.29) is 26.3 Å². The van der Waals surface area contributed by atoms with Crippen LogP contribution in [0.15, 0.2) is 17.0 Å². The minimum atomic E-state index is -2.64. The van der Waals surface area contributed by atoms with Crippen LogP contribution in [-0.2, 0) is 0 Å². The van der Waals surface area contributed by atoms with Gasteiger partial charge in [0.1, 0.15) is 6.07 Å². The molecule has 0 saturated carbocycles. The Balaban J connectivity index is 2.66. The number of hydrogen-bond acceptors (Lipinski definition) is 3. The Morgan fingerprint density at radius 2 is 1.81 bits per heavy atom. The largest absolute Gasteiger partial charge is 0.309 e. The molecular weight excluding hydrogens is 402 g/mol. The Bertz CT molecular complexity index is 711. The Kier molecular flexibility index (Phi) is 5.19. The number of nitriles is 1. The molecule has 0 fully saturated rings. The van der Waals surface area contributed by atoms with Crippen LogP contribution in [0.1, 0.15) is 5.69 Å². The van der Waals surface area contributed by atoms with Gasteiger partial charge >= 0.3 is 3.92 Å². The maximum Gasteiger partial charge on any atom is 0.309 e. The molecular formula is C11H3Cl5FN3S.